The predicted octanol–water partition coefficient (Wildman–Crippen LogP) is 2.08. The molecule has 1 amide bonds. The van der Waals surface area contributed by atoms with Gasteiger partial charge in [0.25, 0.3) is 0 Å². The van der Waals surface area contributed by atoms with Gasteiger partial charge in [0.2, 0.25) is 5.91 Å². The van der Waals surface area contributed by atoms with Gasteiger partial charge in [-0.1, -0.05) is 11.6 Å². The first kappa shape index (κ1) is 20.7. The molecule has 4 rings (SSSR count). The third kappa shape index (κ3) is 3.43. The topological polar surface area (TPSA) is 118 Å². The van der Waals surface area contributed by atoms with Gasteiger partial charge in [-0.3, -0.25) is 14.9 Å². The number of halogens is 1. The molecule has 1 aliphatic carbocycles. The van der Waals surface area contributed by atoms with E-state index in [4.69, 9.17) is 22.1 Å². The average molecular weight is 429 g/mol. The van der Waals surface area contributed by atoms with Crippen LogP contribution in [-0.4, -0.2) is 35.4 Å². The van der Waals surface area contributed by atoms with E-state index in [-0.39, 0.29) is 29.7 Å². The van der Waals surface area contributed by atoms with E-state index in [2.05, 4.69) is 22.0 Å². The van der Waals surface area contributed by atoms with Crippen LogP contribution in [0.15, 0.2) is 18.3 Å². The second-order valence-electron chi connectivity index (χ2n) is 7.97. The number of fused-ring (bicyclic) bond motifs is 1. The van der Waals surface area contributed by atoms with Crippen molar-refractivity contribution in [3.05, 3.63) is 34.5 Å². The zero-order valence-electron chi connectivity index (χ0n) is 17.0. The highest BCUT2D eigenvalue weighted by atomic mass is 35.5. The Morgan fingerprint density at radius 2 is 2.23 bits per heavy atom. The van der Waals surface area contributed by atoms with E-state index in [1.165, 1.54) is 0 Å². The Hall–Kier alpha value is -2.60. The lowest BCUT2D eigenvalue weighted by Gasteiger charge is -2.43. The van der Waals surface area contributed by atoms with Gasteiger partial charge in [-0.25, -0.2) is 5.43 Å². The van der Waals surface area contributed by atoms with Crippen LogP contribution in [0.1, 0.15) is 36.3 Å². The Kier molecular flexibility index (Phi) is 5.69. The maximum Gasteiger partial charge on any atom is 0.237 e. The van der Waals surface area contributed by atoms with Gasteiger partial charge < -0.3 is 10.5 Å². The third-order valence-electron chi connectivity index (χ3n) is 6.46. The Morgan fingerprint density at radius 1 is 1.43 bits per heavy atom. The van der Waals surface area contributed by atoms with Crippen molar-refractivity contribution in [2.75, 3.05) is 13.7 Å². The Balaban J connectivity index is 1.74. The smallest absolute Gasteiger partial charge is 0.237 e. The summed E-state index contributed by atoms with van der Waals surface area (Å²) in [6.45, 7) is 0.459. The zero-order chi connectivity index (χ0) is 21.4. The highest BCUT2D eigenvalue weighted by molar-refractivity contribution is 6.32. The van der Waals surface area contributed by atoms with Crippen molar-refractivity contribution in [3.8, 4) is 23.1 Å². The summed E-state index contributed by atoms with van der Waals surface area (Å²) in [5, 5.41) is 14.6. The molecule has 1 saturated heterocycles. The standard InChI is InChI=1S/C21H25ClN6O2/c1-28-20(14-7-19(30-2)17(22)6-12(14)8-23)16(10-25-28)11-3-4-13-15(5-11)18(9-24)26-27-21(13)29/h6-7,10-11,13,15,18,26H,3-5,9,24H2,1-2H3,(H,27,29). The number of aromatic nitrogens is 2. The normalized spacial score (nSPS) is 25.9. The molecule has 30 heavy (non-hydrogen) atoms. The Bertz CT molecular complexity index is 1010. The first-order valence-electron chi connectivity index (χ1n) is 10.0. The molecule has 1 aliphatic heterocycles. The second kappa shape index (κ2) is 8.26. The van der Waals surface area contributed by atoms with E-state index in [1.54, 1.807) is 23.9 Å². The molecule has 2 fully saturated rings. The van der Waals surface area contributed by atoms with Gasteiger partial charge in [-0.05, 0) is 43.2 Å². The molecule has 0 bridgehead atoms. The summed E-state index contributed by atoms with van der Waals surface area (Å²) in [4.78, 5) is 12.3. The Labute approximate surface area is 180 Å². The average Bonchev–Trinajstić information content (AvgIpc) is 3.14. The molecule has 4 N–H and O–H groups in total. The number of methoxy groups -OCH3 is 1. The van der Waals surface area contributed by atoms with E-state index >= 15 is 0 Å². The van der Waals surface area contributed by atoms with Gasteiger partial charge in [0.15, 0.2) is 0 Å². The molecule has 1 saturated carbocycles. The van der Waals surface area contributed by atoms with Crippen LogP contribution in [-0.2, 0) is 11.8 Å². The number of nitrogens with zero attached hydrogens (tertiary/aromatic N) is 3. The van der Waals surface area contributed by atoms with E-state index in [0.717, 1.165) is 36.1 Å². The molecule has 4 atom stereocenters. The minimum atomic E-state index is -0.0264. The number of ether oxygens (including phenoxy) is 1. The summed E-state index contributed by atoms with van der Waals surface area (Å²) in [5.74, 6) is 0.902. The number of nitrogens with two attached hydrogens (primary N) is 1. The molecule has 2 aromatic rings. The van der Waals surface area contributed by atoms with Crippen molar-refractivity contribution in [1.29, 1.82) is 5.26 Å². The first-order valence-corrected chi connectivity index (χ1v) is 10.4. The van der Waals surface area contributed by atoms with Crippen LogP contribution in [0.3, 0.4) is 0 Å². The molecule has 2 heterocycles. The first-order chi connectivity index (χ1) is 14.5. The fourth-order valence-electron chi connectivity index (χ4n) is 4.94. The molecule has 8 nitrogen and oxygen atoms in total. The summed E-state index contributed by atoms with van der Waals surface area (Å²) < 4.78 is 7.17. The van der Waals surface area contributed by atoms with E-state index < -0.39 is 0 Å². The Morgan fingerprint density at radius 3 is 2.93 bits per heavy atom. The number of carbonyl (C=O) groups excluding carboxylic acids is 1. The third-order valence-corrected chi connectivity index (χ3v) is 6.76. The van der Waals surface area contributed by atoms with E-state index in [0.29, 0.717) is 22.9 Å². The molecule has 4 unspecified atom stereocenters. The number of aryl methyl sites for hydroxylation is 1. The monoisotopic (exact) mass is 428 g/mol. The highest BCUT2D eigenvalue weighted by Crippen LogP contribution is 2.45. The summed E-state index contributed by atoms with van der Waals surface area (Å²) >= 11 is 6.24. The number of nitriles is 1. The lowest BCUT2D eigenvalue weighted by atomic mass is 9.68. The fourth-order valence-corrected chi connectivity index (χ4v) is 5.18. The number of carbonyl (C=O) groups is 1. The van der Waals surface area contributed by atoms with E-state index in [9.17, 15) is 10.1 Å². The van der Waals surface area contributed by atoms with Crippen molar-refractivity contribution >= 4 is 17.5 Å². The molecule has 0 radical (unpaired) electrons. The van der Waals surface area contributed by atoms with Gasteiger partial charge in [0.1, 0.15) is 5.75 Å². The maximum absolute atomic E-state index is 12.3. The van der Waals surface area contributed by atoms with Crippen LogP contribution >= 0.6 is 11.6 Å². The molecule has 1 aromatic carbocycles. The van der Waals surface area contributed by atoms with Crippen molar-refractivity contribution in [3.63, 3.8) is 0 Å². The second-order valence-corrected chi connectivity index (χ2v) is 8.38. The van der Waals surface area contributed by atoms with Gasteiger partial charge in [0.05, 0.1) is 35.7 Å². The number of rotatable bonds is 4. The van der Waals surface area contributed by atoms with Crippen molar-refractivity contribution in [1.82, 2.24) is 20.6 Å². The number of amides is 1. The van der Waals surface area contributed by atoms with Crippen LogP contribution in [0.5, 0.6) is 5.75 Å². The van der Waals surface area contributed by atoms with Crippen LogP contribution in [0.2, 0.25) is 5.02 Å². The number of benzene rings is 1. The number of nitrogens with one attached hydrogen (secondary N) is 2. The van der Waals surface area contributed by atoms with Gasteiger partial charge in [-0.15, -0.1) is 0 Å². The maximum atomic E-state index is 12.3. The number of hydrogen-bond donors (Lipinski definition) is 3. The van der Waals surface area contributed by atoms with E-state index in [1.807, 2.05) is 13.2 Å². The number of hydrazine groups is 1. The minimum absolute atomic E-state index is 0.0264. The largest absolute Gasteiger partial charge is 0.495 e. The number of hydrogen-bond acceptors (Lipinski definition) is 6. The predicted molar refractivity (Wildman–Crippen MR) is 113 cm³/mol. The molecule has 1 aromatic heterocycles. The van der Waals surface area contributed by atoms with Crippen LogP contribution < -0.4 is 21.3 Å². The lowest BCUT2D eigenvalue weighted by Crippen LogP contribution is -2.62. The summed E-state index contributed by atoms with van der Waals surface area (Å²) in [6.07, 6.45) is 4.37. The summed E-state index contributed by atoms with van der Waals surface area (Å²) in [6, 6.07) is 5.71. The van der Waals surface area contributed by atoms with Gasteiger partial charge in [-0.2, -0.15) is 10.4 Å². The molecular weight excluding hydrogens is 404 g/mol. The van der Waals surface area contributed by atoms with Crippen LogP contribution in [0.4, 0.5) is 0 Å². The fraction of sp³-hybridized carbons (Fsp3) is 0.476. The molecule has 2 aliphatic rings. The molecule has 0 spiro atoms. The van der Waals surface area contributed by atoms with Gasteiger partial charge >= 0.3 is 0 Å². The van der Waals surface area contributed by atoms with Crippen LogP contribution in [0.25, 0.3) is 11.3 Å². The minimum Gasteiger partial charge on any atom is -0.495 e. The van der Waals surface area contributed by atoms with Crippen molar-refractivity contribution < 1.29 is 9.53 Å². The summed E-state index contributed by atoms with van der Waals surface area (Å²) in [7, 11) is 3.42. The highest BCUT2D eigenvalue weighted by Gasteiger charge is 2.43. The van der Waals surface area contributed by atoms with Crippen molar-refractivity contribution in [2.24, 2.45) is 24.6 Å². The van der Waals surface area contributed by atoms with Crippen LogP contribution in [0, 0.1) is 23.2 Å². The molecule has 158 valence electrons. The molecule has 9 heteroatoms. The lowest BCUT2D eigenvalue weighted by molar-refractivity contribution is -0.133. The van der Waals surface area contributed by atoms with Gasteiger partial charge in [0, 0.05) is 36.7 Å². The van der Waals surface area contributed by atoms with Crippen molar-refractivity contribution in [2.45, 2.75) is 31.2 Å². The quantitative estimate of drug-likeness (QED) is 0.686. The zero-order valence-corrected chi connectivity index (χ0v) is 17.7. The SMILES string of the molecule is COc1cc(-c2c(C3CCC4C(=O)NNC(CN)C4C3)cnn2C)c(C#N)cc1Cl. The molecular formula is C21H25ClN6O2. The summed E-state index contributed by atoms with van der Waals surface area (Å²) in [5.41, 5.74) is 14.9.